The van der Waals surface area contributed by atoms with Crippen molar-refractivity contribution in [1.29, 1.82) is 0 Å². The number of hydrogen-bond donors (Lipinski definition) is 3. The van der Waals surface area contributed by atoms with Gasteiger partial charge in [0, 0.05) is 23.6 Å². The fourth-order valence-electron chi connectivity index (χ4n) is 3.14. The molecular weight excluding hydrogens is 372 g/mol. The number of carbonyl (C=O) groups excluding carboxylic acids is 2. The van der Waals surface area contributed by atoms with Crippen LogP contribution in [-0.2, 0) is 0 Å². The van der Waals surface area contributed by atoms with E-state index < -0.39 is 12.1 Å². The average molecular weight is 390 g/mol. The van der Waals surface area contributed by atoms with Crippen molar-refractivity contribution in [3.63, 3.8) is 0 Å². The lowest BCUT2D eigenvalue weighted by atomic mass is 10.0. The number of fused-ring (bicyclic) bond motifs is 1. The van der Waals surface area contributed by atoms with Gasteiger partial charge in [-0.25, -0.2) is 5.01 Å². The number of ether oxygens (including phenoxy) is 1. The van der Waals surface area contributed by atoms with Crippen molar-refractivity contribution >= 4 is 17.5 Å². The smallest absolute Gasteiger partial charge is 0.276 e. The largest absolute Gasteiger partial charge is 0.504 e. The Kier molecular flexibility index (Phi) is 4.74. The molecule has 3 aromatic rings. The minimum Gasteiger partial charge on any atom is -0.504 e. The third-order valence-electron chi connectivity index (χ3n) is 4.59. The number of hydrazine groups is 1. The van der Waals surface area contributed by atoms with Crippen molar-refractivity contribution in [2.45, 2.75) is 6.17 Å². The Labute approximate surface area is 166 Å². The molecule has 1 aromatic heterocycles. The second-order valence-corrected chi connectivity index (χ2v) is 6.38. The van der Waals surface area contributed by atoms with E-state index in [1.165, 1.54) is 24.4 Å². The zero-order chi connectivity index (χ0) is 20.4. The van der Waals surface area contributed by atoms with Gasteiger partial charge in [-0.15, -0.1) is 0 Å². The van der Waals surface area contributed by atoms with Crippen molar-refractivity contribution in [2.24, 2.45) is 0 Å². The quantitative estimate of drug-likeness (QED) is 0.633. The Morgan fingerprint density at radius 2 is 2.03 bits per heavy atom. The highest BCUT2D eigenvalue weighted by atomic mass is 16.5. The first-order valence-corrected chi connectivity index (χ1v) is 8.85. The van der Waals surface area contributed by atoms with Gasteiger partial charge in [-0.05, 0) is 36.4 Å². The van der Waals surface area contributed by atoms with Crippen LogP contribution in [0.3, 0.4) is 0 Å². The molecule has 0 bridgehead atoms. The first-order chi connectivity index (χ1) is 14.1. The lowest BCUT2D eigenvalue weighted by molar-refractivity contribution is 0.0490. The van der Waals surface area contributed by atoms with Crippen LogP contribution in [0, 0.1) is 0 Å². The maximum Gasteiger partial charge on any atom is 0.276 e. The molecule has 1 aliphatic rings. The number of amides is 2. The number of para-hydroxylation sites is 1. The molecule has 0 saturated carbocycles. The minimum absolute atomic E-state index is 0.0234. The van der Waals surface area contributed by atoms with Crippen LogP contribution in [0.5, 0.6) is 11.5 Å². The van der Waals surface area contributed by atoms with E-state index in [9.17, 15) is 14.7 Å². The average Bonchev–Trinajstić information content (AvgIpc) is 2.76. The van der Waals surface area contributed by atoms with Crippen molar-refractivity contribution in [2.75, 3.05) is 12.4 Å². The van der Waals surface area contributed by atoms with Gasteiger partial charge in [0.25, 0.3) is 11.8 Å². The third kappa shape index (κ3) is 3.43. The predicted octanol–water partition coefficient (Wildman–Crippen LogP) is 2.71. The van der Waals surface area contributed by atoms with Gasteiger partial charge in [-0.3, -0.25) is 20.0 Å². The van der Waals surface area contributed by atoms with Crippen molar-refractivity contribution in [3.05, 3.63) is 83.7 Å². The van der Waals surface area contributed by atoms with Crippen molar-refractivity contribution < 1.29 is 19.4 Å². The van der Waals surface area contributed by atoms with Crippen LogP contribution < -0.4 is 15.5 Å². The summed E-state index contributed by atoms with van der Waals surface area (Å²) in [6.45, 7) is 0. The van der Waals surface area contributed by atoms with E-state index in [1.807, 2.05) is 6.07 Å². The van der Waals surface area contributed by atoms with Crippen molar-refractivity contribution in [3.8, 4) is 11.5 Å². The van der Waals surface area contributed by atoms with Crippen molar-refractivity contribution in [1.82, 2.24) is 15.4 Å². The van der Waals surface area contributed by atoms with Gasteiger partial charge in [0.15, 0.2) is 11.5 Å². The van der Waals surface area contributed by atoms with Gasteiger partial charge >= 0.3 is 0 Å². The molecule has 0 spiro atoms. The molecule has 8 nitrogen and oxygen atoms in total. The third-order valence-corrected chi connectivity index (χ3v) is 4.59. The number of nitrogens with one attached hydrogen (secondary N) is 2. The normalized spacial score (nSPS) is 15.3. The van der Waals surface area contributed by atoms with E-state index in [2.05, 4.69) is 15.7 Å². The van der Waals surface area contributed by atoms with Crippen LogP contribution in [0.2, 0.25) is 0 Å². The highest BCUT2D eigenvalue weighted by Gasteiger charge is 2.34. The Balaban J connectivity index is 1.74. The summed E-state index contributed by atoms with van der Waals surface area (Å²) in [5, 5.41) is 14.4. The number of rotatable bonds is 4. The Bertz CT molecular complexity index is 1070. The van der Waals surface area contributed by atoms with Crippen LogP contribution in [0.1, 0.15) is 32.4 Å². The van der Waals surface area contributed by atoms with Gasteiger partial charge in [0.05, 0.1) is 18.2 Å². The predicted molar refractivity (Wildman–Crippen MR) is 105 cm³/mol. The summed E-state index contributed by atoms with van der Waals surface area (Å²) < 4.78 is 5.18. The van der Waals surface area contributed by atoms with E-state index in [4.69, 9.17) is 4.74 Å². The summed E-state index contributed by atoms with van der Waals surface area (Å²) in [7, 11) is 1.44. The second kappa shape index (κ2) is 7.51. The molecule has 0 saturated heterocycles. The van der Waals surface area contributed by atoms with Gasteiger partial charge < -0.3 is 15.2 Å². The summed E-state index contributed by atoms with van der Waals surface area (Å²) >= 11 is 0. The molecule has 4 rings (SSSR count). The van der Waals surface area contributed by atoms with Crippen LogP contribution in [-0.4, -0.2) is 34.0 Å². The molecular formula is C21H18N4O4. The number of phenolic OH excluding ortho intramolecular Hbond substituents is 1. The molecule has 0 fully saturated rings. The van der Waals surface area contributed by atoms with Crippen LogP contribution in [0.25, 0.3) is 0 Å². The molecule has 8 heteroatoms. The minimum atomic E-state index is -0.715. The number of carbonyl (C=O) groups is 2. The molecule has 3 N–H and O–H groups in total. The summed E-state index contributed by atoms with van der Waals surface area (Å²) in [5.41, 5.74) is 4.68. The van der Waals surface area contributed by atoms with Crippen LogP contribution in [0.15, 0.2) is 67.0 Å². The highest BCUT2D eigenvalue weighted by Crippen LogP contribution is 2.35. The molecule has 1 aliphatic heterocycles. The zero-order valence-corrected chi connectivity index (χ0v) is 15.5. The van der Waals surface area contributed by atoms with Gasteiger partial charge in [0.1, 0.15) is 6.17 Å². The van der Waals surface area contributed by atoms with E-state index >= 15 is 0 Å². The van der Waals surface area contributed by atoms with Crippen LogP contribution in [0.4, 0.5) is 5.69 Å². The Hall–Kier alpha value is -4.07. The number of phenols is 1. The molecule has 2 heterocycles. The molecule has 1 unspecified atom stereocenters. The molecule has 2 aromatic carbocycles. The van der Waals surface area contributed by atoms with Gasteiger partial charge in [-0.1, -0.05) is 18.2 Å². The van der Waals surface area contributed by atoms with E-state index in [1.54, 1.807) is 48.7 Å². The SMILES string of the molecule is COc1cc(C2Nc3ccccc3C(=O)N2NC(=O)c2cccnc2)ccc1O. The molecule has 0 aliphatic carbocycles. The number of aromatic nitrogens is 1. The fraction of sp³-hybridized carbons (Fsp3) is 0.0952. The van der Waals surface area contributed by atoms with Gasteiger partial charge in [-0.2, -0.15) is 0 Å². The summed E-state index contributed by atoms with van der Waals surface area (Å²) in [5.74, 6) is -0.601. The maximum absolute atomic E-state index is 13.2. The lowest BCUT2D eigenvalue weighted by Gasteiger charge is -2.37. The molecule has 29 heavy (non-hydrogen) atoms. The number of anilines is 1. The number of hydrogen-bond acceptors (Lipinski definition) is 6. The molecule has 2 amide bonds. The molecule has 0 radical (unpaired) electrons. The highest BCUT2D eigenvalue weighted by molar-refractivity contribution is 6.03. The van der Waals surface area contributed by atoms with E-state index in [0.29, 0.717) is 22.4 Å². The number of pyridine rings is 1. The molecule has 1 atom stereocenters. The first kappa shape index (κ1) is 18.3. The number of nitrogens with zero attached hydrogens (tertiary/aromatic N) is 2. The Morgan fingerprint density at radius 1 is 1.21 bits per heavy atom. The fourth-order valence-corrected chi connectivity index (χ4v) is 3.14. The second-order valence-electron chi connectivity index (χ2n) is 6.38. The number of benzene rings is 2. The number of methoxy groups -OCH3 is 1. The standard InChI is InChI=1S/C21H18N4O4/c1-29-18-11-13(8-9-17(18)26)19-23-16-7-3-2-6-15(16)21(28)25(19)24-20(27)14-5-4-10-22-12-14/h2-12,19,23,26H,1H3,(H,24,27). The van der Waals surface area contributed by atoms with E-state index in [-0.39, 0.29) is 17.4 Å². The topological polar surface area (TPSA) is 104 Å². The zero-order valence-electron chi connectivity index (χ0n) is 15.5. The van der Waals surface area contributed by atoms with E-state index in [0.717, 1.165) is 0 Å². The maximum atomic E-state index is 13.2. The summed E-state index contributed by atoms with van der Waals surface area (Å²) in [6.07, 6.45) is 2.27. The monoisotopic (exact) mass is 390 g/mol. The summed E-state index contributed by atoms with van der Waals surface area (Å²) in [4.78, 5) is 29.8. The lowest BCUT2D eigenvalue weighted by Crippen LogP contribution is -2.52. The summed E-state index contributed by atoms with van der Waals surface area (Å²) in [6, 6.07) is 15.0. The van der Waals surface area contributed by atoms with Crippen LogP contribution >= 0.6 is 0 Å². The number of aromatic hydroxyl groups is 1. The first-order valence-electron chi connectivity index (χ1n) is 8.85. The van der Waals surface area contributed by atoms with Gasteiger partial charge in [0.2, 0.25) is 0 Å². The Morgan fingerprint density at radius 3 is 2.79 bits per heavy atom. The molecule has 146 valence electrons.